The number of hydrogen-bond acceptors (Lipinski definition) is 5. The van der Waals surface area contributed by atoms with Gasteiger partial charge >= 0.3 is 0 Å². The molecule has 29 heavy (non-hydrogen) atoms. The summed E-state index contributed by atoms with van der Waals surface area (Å²) in [6, 6.07) is 11.8. The van der Waals surface area contributed by atoms with Crippen molar-refractivity contribution in [2.75, 3.05) is 11.5 Å². The summed E-state index contributed by atoms with van der Waals surface area (Å²) < 4.78 is 0. The van der Waals surface area contributed by atoms with E-state index < -0.39 is 5.78 Å². The van der Waals surface area contributed by atoms with E-state index in [0.717, 1.165) is 16.7 Å². The second kappa shape index (κ2) is 6.41. The van der Waals surface area contributed by atoms with Crippen molar-refractivity contribution in [2.45, 2.75) is 20.8 Å². The van der Waals surface area contributed by atoms with E-state index >= 15 is 0 Å². The van der Waals surface area contributed by atoms with Crippen LogP contribution in [0.2, 0.25) is 0 Å². The summed E-state index contributed by atoms with van der Waals surface area (Å²) in [4.78, 5) is 39.4. The molecule has 4 rings (SSSR count). The molecular formula is C24H20N2O3. The van der Waals surface area contributed by atoms with E-state index in [1.807, 2.05) is 32.9 Å². The lowest BCUT2D eigenvalue weighted by molar-refractivity contribution is 0.0979. The molecule has 0 fully saturated rings. The summed E-state index contributed by atoms with van der Waals surface area (Å²) in [5.74, 6) is -1.07. The third kappa shape index (κ3) is 2.66. The Balaban J connectivity index is 1.96. The summed E-state index contributed by atoms with van der Waals surface area (Å²) in [7, 11) is 0. The van der Waals surface area contributed by atoms with Crippen molar-refractivity contribution < 1.29 is 14.4 Å². The molecule has 0 bridgehead atoms. The smallest absolute Gasteiger partial charge is 0.196 e. The van der Waals surface area contributed by atoms with Crippen LogP contribution in [0, 0.1) is 20.8 Å². The van der Waals surface area contributed by atoms with Crippen molar-refractivity contribution in [2.24, 2.45) is 0 Å². The molecule has 4 N–H and O–H groups in total. The number of fused-ring (bicyclic) bond motifs is 2. The van der Waals surface area contributed by atoms with E-state index in [4.69, 9.17) is 11.5 Å². The fourth-order valence-corrected chi connectivity index (χ4v) is 4.21. The molecule has 3 aromatic carbocycles. The van der Waals surface area contributed by atoms with Crippen molar-refractivity contribution in [1.82, 2.24) is 0 Å². The van der Waals surface area contributed by atoms with Crippen LogP contribution in [0.3, 0.4) is 0 Å². The minimum atomic E-state index is -0.397. The summed E-state index contributed by atoms with van der Waals surface area (Å²) in [5, 5.41) is 0. The van der Waals surface area contributed by atoms with Crippen LogP contribution in [0.4, 0.5) is 11.4 Å². The fourth-order valence-electron chi connectivity index (χ4n) is 4.21. The van der Waals surface area contributed by atoms with Gasteiger partial charge in [-0.1, -0.05) is 42.0 Å². The average Bonchev–Trinajstić information content (AvgIpc) is 2.66. The molecular weight excluding hydrogens is 364 g/mol. The lowest BCUT2D eigenvalue weighted by atomic mass is 9.80. The molecule has 0 aliphatic heterocycles. The largest absolute Gasteiger partial charge is 0.398 e. The standard InChI is InChI=1S/C24H20N2O3/c1-11-8-12(2)18(13(3)9-11)24(29)16-10-17(25)19-20(21(16)26)23(28)15-7-5-4-6-14(15)22(19)27/h4-10H,25-26H2,1-3H3. The zero-order chi connectivity index (χ0) is 21.0. The van der Waals surface area contributed by atoms with E-state index in [0.29, 0.717) is 11.1 Å². The Morgan fingerprint density at radius 3 is 1.86 bits per heavy atom. The predicted molar refractivity (Wildman–Crippen MR) is 113 cm³/mol. The Labute approximate surface area is 168 Å². The summed E-state index contributed by atoms with van der Waals surface area (Å²) >= 11 is 0. The lowest BCUT2D eigenvalue weighted by Crippen LogP contribution is -2.25. The summed E-state index contributed by atoms with van der Waals surface area (Å²) in [5.41, 5.74) is 16.5. The maximum atomic E-state index is 13.4. The van der Waals surface area contributed by atoms with Crippen LogP contribution in [-0.2, 0) is 0 Å². The second-order valence-corrected chi connectivity index (χ2v) is 7.48. The van der Waals surface area contributed by atoms with Crippen molar-refractivity contribution in [3.05, 3.63) is 92.5 Å². The molecule has 0 spiro atoms. The number of rotatable bonds is 2. The molecule has 0 aromatic heterocycles. The number of aryl methyl sites for hydroxylation is 3. The Morgan fingerprint density at radius 2 is 1.31 bits per heavy atom. The van der Waals surface area contributed by atoms with Crippen molar-refractivity contribution in [3.8, 4) is 0 Å². The number of ketones is 3. The van der Waals surface area contributed by atoms with E-state index in [2.05, 4.69) is 0 Å². The summed E-state index contributed by atoms with van der Waals surface area (Å²) in [6.45, 7) is 5.67. The quantitative estimate of drug-likeness (QED) is 0.404. The summed E-state index contributed by atoms with van der Waals surface area (Å²) in [6.07, 6.45) is 0. The van der Waals surface area contributed by atoms with Gasteiger partial charge in [-0.3, -0.25) is 14.4 Å². The van der Waals surface area contributed by atoms with Crippen molar-refractivity contribution >= 4 is 28.7 Å². The van der Waals surface area contributed by atoms with E-state index in [9.17, 15) is 14.4 Å². The molecule has 0 saturated heterocycles. The maximum absolute atomic E-state index is 13.4. The monoisotopic (exact) mass is 384 g/mol. The van der Waals surface area contributed by atoms with Gasteiger partial charge in [-0.15, -0.1) is 0 Å². The first-order chi connectivity index (χ1) is 13.7. The highest BCUT2D eigenvalue weighted by molar-refractivity contribution is 6.33. The minimum Gasteiger partial charge on any atom is -0.398 e. The van der Waals surface area contributed by atoms with Gasteiger partial charge in [-0.25, -0.2) is 0 Å². The number of anilines is 2. The zero-order valence-electron chi connectivity index (χ0n) is 16.4. The normalized spacial score (nSPS) is 12.5. The lowest BCUT2D eigenvalue weighted by Gasteiger charge is -2.22. The number of carbonyl (C=O) groups is 3. The minimum absolute atomic E-state index is 0.00794. The topological polar surface area (TPSA) is 103 Å². The molecule has 3 aromatic rings. The number of benzene rings is 3. The van der Waals surface area contributed by atoms with Crippen molar-refractivity contribution in [1.29, 1.82) is 0 Å². The third-order valence-electron chi connectivity index (χ3n) is 5.42. The van der Waals surface area contributed by atoms with Crippen LogP contribution in [-0.4, -0.2) is 17.3 Å². The van der Waals surface area contributed by atoms with Gasteiger partial charge in [0.15, 0.2) is 17.3 Å². The number of nitrogen functional groups attached to an aromatic ring is 2. The van der Waals surface area contributed by atoms with E-state index in [1.165, 1.54) is 6.07 Å². The van der Waals surface area contributed by atoms with Gasteiger partial charge in [0.25, 0.3) is 0 Å². The second-order valence-electron chi connectivity index (χ2n) is 7.48. The van der Waals surface area contributed by atoms with Gasteiger partial charge in [-0.05, 0) is 38.0 Å². The van der Waals surface area contributed by atoms with Gasteiger partial charge in [0.1, 0.15) is 0 Å². The van der Waals surface area contributed by atoms with Crippen LogP contribution in [0.15, 0.2) is 42.5 Å². The number of carbonyl (C=O) groups excluding carboxylic acids is 3. The Bertz CT molecular complexity index is 1230. The van der Waals surface area contributed by atoms with Crippen LogP contribution in [0.25, 0.3) is 0 Å². The number of nitrogens with two attached hydrogens (primary N) is 2. The highest BCUT2D eigenvalue weighted by atomic mass is 16.1. The van der Waals surface area contributed by atoms with E-state index in [1.54, 1.807) is 24.3 Å². The fraction of sp³-hybridized carbons (Fsp3) is 0.125. The van der Waals surface area contributed by atoms with Gasteiger partial charge in [0, 0.05) is 27.9 Å². The maximum Gasteiger partial charge on any atom is 0.196 e. The molecule has 0 amide bonds. The molecule has 0 radical (unpaired) electrons. The molecule has 0 saturated carbocycles. The molecule has 1 aliphatic carbocycles. The molecule has 0 heterocycles. The van der Waals surface area contributed by atoms with Crippen LogP contribution >= 0.6 is 0 Å². The predicted octanol–water partition coefficient (Wildman–Crippen LogP) is 3.78. The van der Waals surface area contributed by atoms with Crippen molar-refractivity contribution in [3.63, 3.8) is 0 Å². The molecule has 0 atom stereocenters. The first kappa shape index (κ1) is 18.6. The van der Waals surface area contributed by atoms with Gasteiger partial charge in [0.05, 0.1) is 16.8 Å². The van der Waals surface area contributed by atoms with E-state index in [-0.39, 0.29) is 45.2 Å². The zero-order valence-corrected chi connectivity index (χ0v) is 16.4. The first-order valence-corrected chi connectivity index (χ1v) is 9.25. The SMILES string of the molecule is Cc1cc(C)c(C(=O)c2cc(N)c3c(c2N)C(=O)c2ccccc2C3=O)c(C)c1. The number of hydrogen-bond donors (Lipinski definition) is 2. The first-order valence-electron chi connectivity index (χ1n) is 9.25. The van der Waals surface area contributed by atoms with Crippen LogP contribution < -0.4 is 11.5 Å². The Morgan fingerprint density at radius 1 is 0.793 bits per heavy atom. The molecule has 5 heteroatoms. The average molecular weight is 384 g/mol. The molecule has 1 aliphatic rings. The Hall–Kier alpha value is -3.73. The molecule has 144 valence electrons. The highest BCUT2D eigenvalue weighted by Crippen LogP contribution is 2.37. The van der Waals surface area contributed by atoms with Gasteiger partial charge in [-0.2, -0.15) is 0 Å². The van der Waals surface area contributed by atoms with Crippen LogP contribution in [0.5, 0.6) is 0 Å². The Kier molecular flexibility index (Phi) is 4.12. The third-order valence-corrected chi connectivity index (χ3v) is 5.42. The van der Waals surface area contributed by atoms with Gasteiger partial charge in [0.2, 0.25) is 0 Å². The van der Waals surface area contributed by atoms with Crippen LogP contribution in [0.1, 0.15) is 64.5 Å². The molecule has 0 unspecified atom stereocenters. The molecule has 5 nitrogen and oxygen atoms in total. The van der Waals surface area contributed by atoms with Gasteiger partial charge < -0.3 is 11.5 Å². The highest BCUT2D eigenvalue weighted by Gasteiger charge is 2.35.